The Kier molecular flexibility index (Phi) is 5.87. The topological polar surface area (TPSA) is 77.2 Å². The maximum atomic E-state index is 10.9. The Morgan fingerprint density at radius 1 is 0.970 bits per heavy atom. The molecule has 0 atom stereocenters. The highest BCUT2D eigenvalue weighted by molar-refractivity contribution is 9.10. The van der Waals surface area contributed by atoms with E-state index in [0.29, 0.717) is 24.5 Å². The molecule has 0 saturated heterocycles. The number of ether oxygens (including phenoxy) is 1. The molecule has 7 heteroatoms. The number of furan rings is 1. The fourth-order valence-electron chi connectivity index (χ4n) is 3.45. The minimum atomic E-state index is 0.284. The summed E-state index contributed by atoms with van der Waals surface area (Å²) in [6.45, 7) is 0.490. The number of aromatic nitrogens is 2. The number of benzene rings is 3. The van der Waals surface area contributed by atoms with Crippen molar-refractivity contribution in [2.75, 3.05) is 5.32 Å². The average molecular weight is 500 g/mol. The van der Waals surface area contributed by atoms with Crippen LogP contribution in [0.5, 0.6) is 5.75 Å². The summed E-state index contributed by atoms with van der Waals surface area (Å²) in [4.78, 5) is 19.7. The maximum absolute atomic E-state index is 10.9. The first kappa shape index (κ1) is 20.9. The molecule has 5 aromatic rings. The number of nitrogens with zero attached hydrogens (tertiary/aromatic N) is 2. The molecule has 1 N–H and O–H groups in total. The van der Waals surface area contributed by atoms with Gasteiger partial charge in [-0.2, -0.15) is 0 Å². The normalized spacial score (nSPS) is 10.8. The summed E-state index contributed by atoms with van der Waals surface area (Å²) < 4.78 is 12.3. The molecule has 0 aliphatic rings. The minimum Gasteiger partial charge on any atom is -0.488 e. The van der Waals surface area contributed by atoms with Crippen LogP contribution < -0.4 is 10.1 Å². The number of nitrogens with one attached hydrogen (secondary N) is 1. The summed E-state index contributed by atoms with van der Waals surface area (Å²) in [7, 11) is 0. The zero-order chi connectivity index (χ0) is 22.6. The first-order chi connectivity index (χ1) is 16.2. The van der Waals surface area contributed by atoms with E-state index in [2.05, 4.69) is 31.2 Å². The van der Waals surface area contributed by atoms with Crippen LogP contribution in [-0.2, 0) is 6.61 Å². The third-order valence-corrected chi connectivity index (χ3v) is 5.71. The van der Waals surface area contributed by atoms with Crippen LogP contribution in [0.4, 0.5) is 11.5 Å². The zero-order valence-electron chi connectivity index (χ0n) is 17.4. The molecule has 0 bridgehead atoms. The van der Waals surface area contributed by atoms with Gasteiger partial charge in [0.05, 0.1) is 9.99 Å². The van der Waals surface area contributed by atoms with Crippen molar-refractivity contribution in [3.05, 3.63) is 101 Å². The second kappa shape index (κ2) is 9.26. The van der Waals surface area contributed by atoms with Gasteiger partial charge >= 0.3 is 0 Å². The molecule has 0 aliphatic heterocycles. The molecule has 0 unspecified atom stereocenters. The first-order valence-electron chi connectivity index (χ1n) is 10.2. The fraction of sp³-hybridized carbons (Fsp3) is 0.0385. The largest absolute Gasteiger partial charge is 0.488 e. The third-order valence-electron chi connectivity index (χ3n) is 5.09. The molecular weight excluding hydrogens is 482 g/mol. The lowest BCUT2D eigenvalue weighted by atomic mass is 10.1. The molecule has 0 saturated carbocycles. The second-order valence-electron chi connectivity index (χ2n) is 7.32. The highest BCUT2D eigenvalue weighted by Gasteiger charge is 2.10. The molecular formula is C26H18BrN3O3. The van der Waals surface area contributed by atoms with Crippen molar-refractivity contribution in [1.29, 1.82) is 0 Å². The number of hydrogen-bond acceptors (Lipinski definition) is 6. The lowest BCUT2D eigenvalue weighted by molar-refractivity contribution is 0.110. The number of carbonyl (C=O) groups is 1. The maximum Gasteiger partial charge on any atom is 0.185 e. The molecule has 6 nitrogen and oxygen atoms in total. The Balaban J connectivity index is 1.39. The molecule has 162 valence electrons. The predicted molar refractivity (Wildman–Crippen MR) is 131 cm³/mol. The number of fused-ring (bicyclic) bond motifs is 1. The van der Waals surface area contributed by atoms with Crippen molar-refractivity contribution < 1.29 is 13.9 Å². The van der Waals surface area contributed by atoms with Gasteiger partial charge in [-0.15, -0.1) is 0 Å². The van der Waals surface area contributed by atoms with Gasteiger partial charge in [0.2, 0.25) is 0 Å². The Hall–Kier alpha value is -3.97. The molecule has 0 amide bonds. The van der Waals surface area contributed by atoms with Gasteiger partial charge in [0.15, 0.2) is 12.0 Å². The SMILES string of the molecule is O=Cc1ccc(-c2ccc3ncnc(Nc4ccc(OCc5ccccc5)c(Br)c4)c3c2)o1. The summed E-state index contributed by atoms with van der Waals surface area (Å²) >= 11 is 3.60. The van der Waals surface area contributed by atoms with E-state index >= 15 is 0 Å². The molecule has 33 heavy (non-hydrogen) atoms. The predicted octanol–water partition coefficient (Wildman–Crippen LogP) is 6.79. The average Bonchev–Trinajstić information content (AvgIpc) is 3.34. The monoisotopic (exact) mass is 499 g/mol. The van der Waals surface area contributed by atoms with Crippen molar-refractivity contribution in [1.82, 2.24) is 9.97 Å². The number of hydrogen-bond donors (Lipinski definition) is 1. The van der Waals surface area contributed by atoms with E-state index in [1.165, 1.54) is 6.33 Å². The number of aldehydes is 1. The fourth-order valence-corrected chi connectivity index (χ4v) is 3.94. The van der Waals surface area contributed by atoms with Crippen molar-refractivity contribution in [2.24, 2.45) is 0 Å². The molecule has 0 fully saturated rings. The summed E-state index contributed by atoms with van der Waals surface area (Å²) in [5.74, 6) is 2.31. The molecule has 2 aromatic heterocycles. The summed E-state index contributed by atoms with van der Waals surface area (Å²) in [5.41, 5.74) is 3.58. The Labute approximate surface area is 198 Å². The van der Waals surface area contributed by atoms with Gasteiger partial charge < -0.3 is 14.5 Å². The number of halogens is 1. The lowest BCUT2D eigenvalue weighted by Gasteiger charge is -2.12. The van der Waals surface area contributed by atoms with Crippen LogP contribution in [0, 0.1) is 0 Å². The number of carbonyl (C=O) groups excluding carboxylic acids is 1. The van der Waals surface area contributed by atoms with Crippen LogP contribution >= 0.6 is 15.9 Å². The Morgan fingerprint density at radius 2 is 1.85 bits per heavy atom. The smallest absolute Gasteiger partial charge is 0.185 e. The van der Waals surface area contributed by atoms with E-state index in [1.54, 1.807) is 12.1 Å². The van der Waals surface area contributed by atoms with Crippen LogP contribution in [0.15, 0.2) is 94.1 Å². The van der Waals surface area contributed by atoms with Gasteiger partial charge in [-0.1, -0.05) is 30.3 Å². The van der Waals surface area contributed by atoms with E-state index in [9.17, 15) is 4.79 Å². The van der Waals surface area contributed by atoms with Crippen molar-refractivity contribution in [2.45, 2.75) is 6.61 Å². The van der Waals surface area contributed by atoms with Crippen molar-refractivity contribution >= 4 is 44.6 Å². The number of anilines is 2. The molecule has 2 heterocycles. The molecule has 3 aromatic carbocycles. The van der Waals surface area contributed by atoms with E-state index in [0.717, 1.165) is 37.9 Å². The van der Waals surface area contributed by atoms with Gasteiger partial charge in [-0.05, 0) is 70.0 Å². The van der Waals surface area contributed by atoms with Gasteiger partial charge in [-0.25, -0.2) is 9.97 Å². The zero-order valence-corrected chi connectivity index (χ0v) is 19.0. The molecule has 0 radical (unpaired) electrons. The molecule has 5 rings (SSSR count). The summed E-state index contributed by atoms with van der Waals surface area (Å²) in [6.07, 6.45) is 2.21. The van der Waals surface area contributed by atoms with Crippen LogP contribution in [-0.4, -0.2) is 16.3 Å². The van der Waals surface area contributed by atoms with E-state index in [-0.39, 0.29) is 5.76 Å². The van der Waals surface area contributed by atoms with Gasteiger partial charge in [0.25, 0.3) is 0 Å². The Bertz CT molecular complexity index is 1430. The van der Waals surface area contributed by atoms with Crippen LogP contribution in [0.1, 0.15) is 16.1 Å². The second-order valence-corrected chi connectivity index (χ2v) is 8.17. The van der Waals surface area contributed by atoms with E-state index < -0.39 is 0 Å². The van der Waals surface area contributed by atoms with Crippen LogP contribution in [0.2, 0.25) is 0 Å². The van der Waals surface area contributed by atoms with Gasteiger partial charge in [0.1, 0.15) is 30.3 Å². The summed E-state index contributed by atoms with van der Waals surface area (Å²) in [5, 5.41) is 4.19. The minimum absolute atomic E-state index is 0.284. The van der Waals surface area contributed by atoms with E-state index in [1.807, 2.05) is 66.7 Å². The van der Waals surface area contributed by atoms with Crippen LogP contribution in [0.25, 0.3) is 22.2 Å². The third kappa shape index (κ3) is 4.63. The summed E-state index contributed by atoms with van der Waals surface area (Å²) in [6, 6.07) is 25.0. The molecule has 0 aliphatic carbocycles. The van der Waals surface area contributed by atoms with Gasteiger partial charge in [0, 0.05) is 16.6 Å². The standard InChI is InChI=1S/C26H18BrN3O3/c27-22-13-19(7-10-25(22)32-15-17-4-2-1-3-5-17)30-26-21-12-18(6-9-23(21)28-16-29-26)24-11-8-20(14-31)33-24/h1-14,16H,15H2,(H,28,29,30). The first-order valence-corrected chi connectivity index (χ1v) is 11.0. The lowest BCUT2D eigenvalue weighted by Crippen LogP contribution is -1.98. The molecule has 0 spiro atoms. The number of rotatable bonds is 7. The highest BCUT2D eigenvalue weighted by atomic mass is 79.9. The highest BCUT2D eigenvalue weighted by Crippen LogP contribution is 2.32. The van der Waals surface area contributed by atoms with Crippen molar-refractivity contribution in [3.63, 3.8) is 0 Å². The Morgan fingerprint density at radius 3 is 2.64 bits per heavy atom. The van der Waals surface area contributed by atoms with Gasteiger partial charge in [-0.3, -0.25) is 4.79 Å². The van der Waals surface area contributed by atoms with Crippen molar-refractivity contribution in [3.8, 4) is 17.1 Å². The van der Waals surface area contributed by atoms with E-state index in [4.69, 9.17) is 9.15 Å². The van der Waals surface area contributed by atoms with Crippen LogP contribution in [0.3, 0.4) is 0 Å². The quantitative estimate of drug-likeness (QED) is 0.248.